The molecule has 0 amide bonds. The van der Waals surface area contributed by atoms with Gasteiger partial charge in [0.1, 0.15) is 29.1 Å². The van der Waals surface area contributed by atoms with Crippen LogP contribution in [0.5, 0.6) is 11.6 Å². The third-order valence-electron chi connectivity index (χ3n) is 4.61. The molecule has 0 fully saturated rings. The van der Waals surface area contributed by atoms with Crippen molar-refractivity contribution >= 4 is 26.6 Å². The number of rotatable bonds is 6. The molecule has 0 spiro atoms. The van der Waals surface area contributed by atoms with E-state index in [2.05, 4.69) is 24.7 Å². The summed E-state index contributed by atoms with van der Waals surface area (Å²) in [6.45, 7) is 0. The van der Waals surface area contributed by atoms with Crippen LogP contribution in [0.15, 0.2) is 96.8 Å². The van der Waals surface area contributed by atoms with E-state index in [1.165, 1.54) is 12.4 Å². The molecule has 2 aromatic carbocycles. The smallest absolute Gasteiger partial charge is 0.264 e. The summed E-state index contributed by atoms with van der Waals surface area (Å²) < 4.78 is 36.0. The maximum Gasteiger partial charge on any atom is 0.264 e. The predicted molar refractivity (Wildman–Crippen MR) is 118 cm³/mol. The lowest BCUT2D eigenvalue weighted by molar-refractivity contribution is 0.461. The minimum atomic E-state index is -3.82. The van der Waals surface area contributed by atoms with Crippen molar-refractivity contribution in [3.8, 4) is 17.4 Å². The Morgan fingerprint density at radius 2 is 1.75 bits per heavy atom. The van der Waals surface area contributed by atoms with Crippen molar-refractivity contribution in [2.45, 2.75) is 4.90 Å². The lowest BCUT2D eigenvalue weighted by Gasteiger charge is -2.11. The van der Waals surface area contributed by atoms with Gasteiger partial charge in [0, 0.05) is 35.7 Å². The van der Waals surface area contributed by atoms with Crippen molar-refractivity contribution in [2.24, 2.45) is 0 Å². The third-order valence-corrected chi connectivity index (χ3v) is 6.02. The standard InChI is InChI=1S/C22H16N6O3S/c29-32(30,19-5-1-3-16-4-2-10-24-22(16)19)27-17-6-8-18(9-7-17)31-21-13-20(25-14-26-21)28-12-11-23-15-28/h1-15,27H. The lowest BCUT2D eigenvalue weighted by atomic mass is 10.2. The topological polar surface area (TPSA) is 112 Å². The second-order valence-electron chi connectivity index (χ2n) is 6.75. The first-order chi connectivity index (χ1) is 15.6. The van der Waals surface area contributed by atoms with Crippen LogP contribution >= 0.6 is 0 Å². The van der Waals surface area contributed by atoms with Crippen LogP contribution in [-0.2, 0) is 10.0 Å². The molecule has 0 aliphatic heterocycles. The molecule has 3 aromatic heterocycles. The first-order valence-electron chi connectivity index (χ1n) is 9.53. The highest BCUT2D eigenvalue weighted by atomic mass is 32.2. The van der Waals surface area contributed by atoms with E-state index < -0.39 is 10.0 Å². The molecule has 0 saturated heterocycles. The van der Waals surface area contributed by atoms with Crippen molar-refractivity contribution in [3.63, 3.8) is 0 Å². The number of para-hydroxylation sites is 1. The minimum absolute atomic E-state index is 0.115. The van der Waals surface area contributed by atoms with Gasteiger partial charge in [0.2, 0.25) is 5.88 Å². The summed E-state index contributed by atoms with van der Waals surface area (Å²) >= 11 is 0. The molecule has 0 aliphatic rings. The summed E-state index contributed by atoms with van der Waals surface area (Å²) in [7, 11) is -3.82. The van der Waals surface area contributed by atoms with E-state index in [9.17, 15) is 8.42 Å². The molecule has 1 N–H and O–H groups in total. The van der Waals surface area contributed by atoms with Gasteiger partial charge in [-0.1, -0.05) is 18.2 Å². The van der Waals surface area contributed by atoms with Gasteiger partial charge in [-0.2, -0.15) is 0 Å². The first-order valence-corrected chi connectivity index (χ1v) is 11.0. The molecule has 5 rings (SSSR count). The lowest BCUT2D eigenvalue weighted by Crippen LogP contribution is -2.13. The zero-order chi connectivity index (χ0) is 22.0. The monoisotopic (exact) mass is 444 g/mol. The summed E-state index contributed by atoms with van der Waals surface area (Å²) in [4.78, 5) is 16.6. The number of hydrogen-bond donors (Lipinski definition) is 1. The average molecular weight is 444 g/mol. The summed E-state index contributed by atoms with van der Waals surface area (Å²) in [5.41, 5.74) is 0.812. The number of fused-ring (bicyclic) bond motifs is 1. The molecule has 158 valence electrons. The average Bonchev–Trinajstić information content (AvgIpc) is 3.35. The van der Waals surface area contributed by atoms with Crippen molar-refractivity contribution in [1.29, 1.82) is 0 Å². The molecule has 0 radical (unpaired) electrons. The number of nitrogens with one attached hydrogen (secondary N) is 1. The van der Waals surface area contributed by atoms with Crippen LogP contribution in [0.1, 0.15) is 0 Å². The van der Waals surface area contributed by atoms with Gasteiger partial charge in [0.05, 0.1) is 5.52 Å². The Kier molecular flexibility index (Phi) is 4.96. The van der Waals surface area contributed by atoms with Crippen LogP contribution in [0.4, 0.5) is 5.69 Å². The Morgan fingerprint density at radius 1 is 0.906 bits per heavy atom. The fourth-order valence-electron chi connectivity index (χ4n) is 3.14. The van der Waals surface area contributed by atoms with Gasteiger partial charge in [-0.15, -0.1) is 0 Å². The highest BCUT2D eigenvalue weighted by Crippen LogP contribution is 2.26. The van der Waals surface area contributed by atoms with Gasteiger partial charge >= 0.3 is 0 Å². The van der Waals surface area contributed by atoms with Crippen molar-refractivity contribution in [2.75, 3.05) is 4.72 Å². The van der Waals surface area contributed by atoms with Crippen LogP contribution in [0.3, 0.4) is 0 Å². The number of ether oxygens (including phenoxy) is 1. The van der Waals surface area contributed by atoms with Crippen LogP contribution in [-0.4, -0.2) is 32.9 Å². The largest absolute Gasteiger partial charge is 0.439 e. The van der Waals surface area contributed by atoms with E-state index in [1.54, 1.807) is 71.9 Å². The zero-order valence-electron chi connectivity index (χ0n) is 16.5. The van der Waals surface area contributed by atoms with Crippen molar-refractivity contribution in [3.05, 3.63) is 91.9 Å². The number of sulfonamides is 1. The number of hydrogen-bond acceptors (Lipinski definition) is 7. The highest BCUT2D eigenvalue weighted by Gasteiger charge is 2.18. The van der Waals surface area contributed by atoms with E-state index in [-0.39, 0.29) is 4.90 Å². The molecule has 32 heavy (non-hydrogen) atoms. The molecule has 10 heteroatoms. The third kappa shape index (κ3) is 3.98. The quantitative estimate of drug-likeness (QED) is 0.424. The molecule has 0 unspecified atom stereocenters. The van der Waals surface area contributed by atoms with E-state index in [0.717, 1.165) is 5.39 Å². The molecule has 0 saturated carbocycles. The minimum Gasteiger partial charge on any atom is -0.439 e. The normalized spacial score (nSPS) is 11.4. The fourth-order valence-corrected chi connectivity index (χ4v) is 4.38. The first kappa shape index (κ1) is 19.6. The van der Waals surface area contributed by atoms with Crippen molar-refractivity contribution < 1.29 is 13.2 Å². The fraction of sp³-hybridized carbons (Fsp3) is 0. The molecule has 0 aliphatic carbocycles. The number of benzene rings is 2. The maximum absolute atomic E-state index is 12.9. The molecule has 0 atom stereocenters. The van der Waals surface area contributed by atoms with Gasteiger partial charge in [-0.3, -0.25) is 14.3 Å². The van der Waals surface area contributed by atoms with E-state index in [4.69, 9.17) is 4.74 Å². The summed E-state index contributed by atoms with van der Waals surface area (Å²) in [6.07, 6.45) is 8.00. The predicted octanol–water partition coefficient (Wildman–Crippen LogP) is 3.80. The van der Waals surface area contributed by atoms with Crippen molar-refractivity contribution in [1.82, 2.24) is 24.5 Å². The summed E-state index contributed by atoms with van der Waals surface area (Å²) in [5.74, 6) is 1.45. The van der Waals surface area contributed by atoms with Crippen LogP contribution in [0, 0.1) is 0 Å². The second-order valence-corrected chi connectivity index (χ2v) is 8.40. The summed E-state index contributed by atoms with van der Waals surface area (Å²) in [6, 6.07) is 16.8. The van der Waals surface area contributed by atoms with Gasteiger partial charge in [0.25, 0.3) is 10.0 Å². The van der Waals surface area contributed by atoms with E-state index in [0.29, 0.717) is 28.7 Å². The number of anilines is 1. The van der Waals surface area contributed by atoms with Gasteiger partial charge in [-0.25, -0.2) is 23.4 Å². The summed E-state index contributed by atoms with van der Waals surface area (Å²) in [5, 5.41) is 0.749. The van der Waals surface area contributed by atoms with E-state index in [1.807, 2.05) is 12.1 Å². The Balaban J connectivity index is 1.34. The number of imidazole rings is 1. The number of aromatic nitrogens is 5. The van der Waals surface area contributed by atoms with E-state index >= 15 is 0 Å². The zero-order valence-corrected chi connectivity index (χ0v) is 17.3. The number of nitrogens with zero attached hydrogens (tertiary/aromatic N) is 5. The van der Waals surface area contributed by atoms with Crippen LogP contribution in [0.2, 0.25) is 0 Å². The molecule has 5 aromatic rings. The maximum atomic E-state index is 12.9. The molecule has 3 heterocycles. The molecular formula is C22H16N6O3S. The Labute approximate surface area is 183 Å². The molecule has 0 bridgehead atoms. The van der Waals surface area contributed by atoms with Gasteiger partial charge in [0.15, 0.2) is 0 Å². The molecular weight excluding hydrogens is 428 g/mol. The van der Waals surface area contributed by atoms with Gasteiger partial charge < -0.3 is 4.74 Å². The molecule has 9 nitrogen and oxygen atoms in total. The van der Waals surface area contributed by atoms with Crippen LogP contribution < -0.4 is 9.46 Å². The highest BCUT2D eigenvalue weighted by molar-refractivity contribution is 7.93. The van der Waals surface area contributed by atoms with Crippen LogP contribution in [0.25, 0.3) is 16.7 Å². The Bertz CT molecular complexity index is 1480. The number of pyridine rings is 1. The second kappa shape index (κ2) is 8.08. The van der Waals surface area contributed by atoms with Gasteiger partial charge in [-0.05, 0) is 36.4 Å². The Morgan fingerprint density at radius 3 is 2.56 bits per heavy atom. The SMILES string of the molecule is O=S(=O)(Nc1ccc(Oc2cc(-n3ccnc3)ncn2)cc1)c1cccc2cccnc12. The Hall–Kier alpha value is -4.31.